The molecule has 0 spiro atoms. The molecule has 2 rings (SSSR count). The molecular weight excluding hydrogens is 278 g/mol. The van der Waals surface area contributed by atoms with E-state index < -0.39 is 5.97 Å². The van der Waals surface area contributed by atoms with Gasteiger partial charge in [-0.3, -0.25) is 0 Å². The Balaban J connectivity index is 2.04. The summed E-state index contributed by atoms with van der Waals surface area (Å²) in [6, 6.07) is 4.83. The first kappa shape index (κ1) is 15.1. The number of aromatic carboxylic acids is 1. The highest BCUT2D eigenvalue weighted by molar-refractivity contribution is 6.31. The van der Waals surface area contributed by atoms with Crippen molar-refractivity contribution in [1.82, 2.24) is 0 Å². The van der Waals surface area contributed by atoms with Gasteiger partial charge < -0.3 is 15.5 Å². The fourth-order valence-corrected chi connectivity index (χ4v) is 3.05. The Labute approximate surface area is 123 Å². The summed E-state index contributed by atoms with van der Waals surface area (Å²) in [6.07, 6.45) is 4.47. The first-order chi connectivity index (χ1) is 9.61. The third-order valence-corrected chi connectivity index (χ3v) is 4.30. The van der Waals surface area contributed by atoms with Gasteiger partial charge in [0.15, 0.2) is 0 Å². The number of carboxylic acids is 1. The van der Waals surface area contributed by atoms with Crippen LogP contribution in [-0.4, -0.2) is 29.3 Å². The fraction of sp³-hybridized carbons (Fsp3) is 0.533. The Hall–Kier alpha value is -1.26. The number of halogens is 1. The molecule has 2 unspecified atom stereocenters. The highest BCUT2D eigenvalue weighted by Gasteiger charge is 2.24. The highest BCUT2D eigenvalue weighted by Crippen LogP contribution is 2.30. The summed E-state index contributed by atoms with van der Waals surface area (Å²) < 4.78 is 0. The van der Waals surface area contributed by atoms with E-state index in [1.807, 2.05) is 0 Å². The number of hydrogen-bond donors (Lipinski definition) is 3. The van der Waals surface area contributed by atoms with Crippen LogP contribution in [0, 0.1) is 11.8 Å². The number of aliphatic hydroxyl groups is 1. The third-order valence-electron chi connectivity index (χ3n) is 4.07. The zero-order chi connectivity index (χ0) is 14.5. The van der Waals surface area contributed by atoms with E-state index in [0.717, 1.165) is 12.8 Å². The minimum absolute atomic E-state index is 0.189. The molecule has 1 aliphatic rings. The second-order valence-corrected chi connectivity index (χ2v) is 5.80. The predicted molar refractivity (Wildman–Crippen MR) is 79.4 cm³/mol. The lowest BCUT2D eigenvalue weighted by molar-refractivity contribution is 0.0697. The molecule has 0 aliphatic heterocycles. The molecule has 0 amide bonds. The number of anilines is 1. The van der Waals surface area contributed by atoms with Crippen LogP contribution >= 0.6 is 11.6 Å². The van der Waals surface area contributed by atoms with Crippen LogP contribution in [0.3, 0.4) is 0 Å². The van der Waals surface area contributed by atoms with E-state index in [0.29, 0.717) is 29.1 Å². The molecule has 1 aliphatic carbocycles. The Morgan fingerprint density at radius 3 is 2.65 bits per heavy atom. The number of aliphatic hydroxyl groups excluding tert-OH is 1. The largest absolute Gasteiger partial charge is 0.478 e. The summed E-state index contributed by atoms with van der Waals surface area (Å²) in [5.41, 5.74) is 0.776. The SMILES string of the molecule is O=C(O)c1cc(Cl)ccc1NCC1CCCCC1CO. The van der Waals surface area contributed by atoms with Crippen LogP contribution < -0.4 is 5.32 Å². The molecule has 0 heterocycles. The molecule has 3 N–H and O–H groups in total. The summed E-state index contributed by atoms with van der Waals surface area (Å²) >= 11 is 5.83. The molecule has 1 aromatic carbocycles. The monoisotopic (exact) mass is 297 g/mol. The molecule has 0 aromatic heterocycles. The number of nitrogens with one attached hydrogen (secondary N) is 1. The van der Waals surface area contributed by atoms with Gasteiger partial charge in [0, 0.05) is 23.9 Å². The topological polar surface area (TPSA) is 69.6 Å². The first-order valence-electron chi connectivity index (χ1n) is 6.99. The molecule has 0 bridgehead atoms. The van der Waals surface area contributed by atoms with Gasteiger partial charge in [0.1, 0.15) is 0 Å². The van der Waals surface area contributed by atoms with Crippen molar-refractivity contribution in [2.45, 2.75) is 25.7 Å². The van der Waals surface area contributed by atoms with Gasteiger partial charge in [-0.2, -0.15) is 0 Å². The van der Waals surface area contributed by atoms with Crippen LogP contribution in [0.15, 0.2) is 18.2 Å². The van der Waals surface area contributed by atoms with E-state index in [9.17, 15) is 15.0 Å². The summed E-state index contributed by atoms with van der Waals surface area (Å²) in [5.74, 6) is -0.278. The van der Waals surface area contributed by atoms with Gasteiger partial charge in [0.05, 0.1) is 5.56 Å². The van der Waals surface area contributed by atoms with Gasteiger partial charge in [-0.1, -0.05) is 24.4 Å². The molecule has 110 valence electrons. The van der Waals surface area contributed by atoms with Gasteiger partial charge in [0.25, 0.3) is 0 Å². The lowest BCUT2D eigenvalue weighted by Gasteiger charge is -2.30. The summed E-state index contributed by atoms with van der Waals surface area (Å²) in [6.45, 7) is 0.895. The van der Waals surface area contributed by atoms with Crippen molar-refractivity contribution in [2.75, 3.05) is 18.5 Å². The number of carboxylic acid groups (broad SMARTS) is 1. The van der Waals surface area contributed by atoms with Crippen molar-refractivity contribution in [3.05, 3.63) is 28.8 Å². The van der Waals surface area contributed by atoms with Crippen LogP contribution in [0.25, 0.3) is 0 Å². The van der Waals surface area contributed by atoms with E-state index >= 15 is 0 Å². The smallest absolute Gasteiger partial charge is 0.337 e. The lowest BCUT2D eigenvalue weighted by atomic mass is 9.79. The second kappa shape index (κ2) is 6.95. The Bertz CT molecular complexity index is 478. The van der Waals surface area contributed by atoms with Crippen molar-refractivity contribution in [3.63, 3.8) is 0 Å². The Morgan fingerprint density at radius 1 is 1.30 bits per heavy atom. The molecular formula is C15H20ClNO3. The van der Waals surface area contributed by atoms with Crippen molar-refractivity contribution in [2.24, 2.45) is 11.8 Å². The van der Waals surface area contributed by atoms with Crippen molar-refractivity contribution < 1.29 is 15.0 Å². The molecule has 20 heavy (non-hydrogen) atoms. The van der Waals surface area contributed by atoms with Gasteiger partial charge in [0.2, 0.25) is 0 Å². The van der Waals surface area contributed by atoms with E-state index in [-0.39, 0.29) is 12.2 Å². The summed E-state index contributed by atoms with van der Waals surface area (Å²) in [4.78, 5) is 11.2. The highest BCUT2D eigenvalue weighted by atomic mass is 35.5. The maximum absolute atomic E-state index is 11.2. The molecule has 0 saturated heterocycles. The minimum atomic E-state index is -0.989. The average molecular weight is 298 g/mol. The molecule has 1 fully saturated rings. The Morgan fingerprint density at radius 2 is 2.00 bits per heavy atom. The maximum atomic E-state index is 11.2. The normalized spacial score (nSPS) is 22.5. The quantitative estimate of drug-likeness (QED) is 0.780. The second-order valence-electron chi connectivity index (χ2n) is 5.36. The number of benzene rings is 1. The molecule has 0 radical (unpaired) electrons. The molecule has 5 heteroatoms. The van der Waals surface area contributed by atoms with Crippen molar-refractivity contribution >= 4 is 23.3 Å². The average Bonchev–Trinajstić information content (AvgIpc) is 2.46. The number of carbonyl (C=O) groups is 1. The summed E-state index contributed by atoms with van der Waals surface area (Å²) in [5, 5.41) is 22.2. The zero-order valence-corrected chi connectivity index (χ0v) is 12.1. The molecule has 4 nitrogen and oxygen atoms in total. The van der Waals surface area contributed by atoms with Crippen LogP contribution in [-0.2, 0) is 0 Å². The fourth-order valence-electron chi connectivity index (χ4n) is 2.88. The van der Waals surface area contributed by atoms with Crippen LogP contribution in [0.5, 0.6) is 0 Å². The summed E-state index contributed by atoms with van der Waals surface area (Å²) in [7, 11) is 0. The third kappa shape index (κ3) is 3.64. The van der Waals surface area contributed by atoms with E-state index in [1.165, 1.54) is 18.9 Å². The number of hydrogen-bond acceptors (Lipinski definition) is 3. The van der Waals surface area contributed by atoms with Crippen LogP contribution in [0.4, 0.5) is 5.69 Å². The molecule has 2 atom stereocenters. The van der Waals surface area contributed by atoms with Gasteiger partial charge in [-0.05, 0) is 42.9 Å². The standard InChI is InChI=1S/C15H20ClNO3/c16-12-5-6-14(13(7-12)15(19)20)17-8-10-3-1-2-4-11(10)9-18/h5-7,10-11,17-18H,1-4,8-9H2,(H,19,20). The Kier molecular flexibility index (Phi) is 5.26. The van der Waals surface area contributed by atoms with Crippen LogP contribution in [0.1, 0.15) is 36.0 Å². The minimum Gasteiger partial charge on any atom is -0.478 e. The van der Waals surface area contributed by atoms with E-state index in [2.05, 4.69) is 5.32 Å². The number of rotatable bonds is 5. The molecule has 1 saturated carbocycles. The predicted octanol–water partition coefficient (Wildman–Crippen LogP) is 3.25. The van der Waals surface area contributed by atoms with Crippen molar-refractivity contribution in [1.29, 1.82) is 0 Å². The van der Waals surface area contributed by atoms with E-state index in [4.69, 9.17) is 11.6 Å². The molecule has 1 aromatic rings. The van der Waals surface area contributed by atoms with Crippen LogP contribution in [0.2, 0.25) is 5.02 Å². The zero-order valence-electron chi connectivity index (χ0n) is 11.3. The van der Waals surface area contributed by atoms with Gasteiger partial charge >= 0.3 is 5.97 Å². The van der Waals surface area contributed by atoms with Gasteiger partial charge in [-0.15, -0.1) is 0 Å². The van der Waals surface area contributed by atoms with Gasteiger partial charge in [-0.25, -0.2) is 4.79 Å². The first-order valence-corrected chi connectivity index (χ1v) is 7.37. The lowest BCUT2D eigenvalue weighted by Crippen LogP contribution is -2.29. The maximum Gasteiger partial charge on any atom is 0.337 e. The van der Waals surface area contributed by atoms with E-state index in [1.54, 1.807) is 12.1 Å². The van der Waals surface area contributed by atoms with Crippen molar-refractivity contribution in [3.8, 4) is 0 Å².